The zero-order valence-corrected chi connectivity index (χ0v) is 21.8. The van der Waals surface area contributed by atoms with Crippen LogP contribution in [-0.4, -0.2) is 47.0 Å². The van der Waals surface area contributed by atoms with Crippen molar-refractivity contribution in [1.29, 1.82) is 0 Å². The number of benzene rings is 2. The predicted molar refractivity (Wildman–Crippen MR) is 139 cm³/mol. The summed E-state index contributed by atoms with van der Waals surface area (Å²) in [6.07, 6.45) is 3.09. The zero-order chi connectivity index (χ0) is 27.6. The molecule has 2 heterocycles. The molecule has 0 unspecified atom stereocenters. The Bertz CT molecular complexity index is 1440. The number of hydrogen-bond acceptors (Lipinski definition) is 10. The molecule has 4 rings (SSSR count). The third kappa shape index (κ3) is 6.76. The van der Waals surface area contributed by atoms with E-state index in [9.17, 15) is 18.3 Å². The third-order valence-corrected chi connectivity index (χ3v) is 7.33. The molecule has 0 aliphatic carbocycles. The fourth-order valence-corrected chi connectivity index (χ4v) is 5.20. The zero-order valence-electron chi connectivity index (χ0n) is 19.4. The quantitative estimate of drug-likeness (QED) is 0.197. The number of nitrogens with zero attached hydrogens (tertiary/aromatic N) is 3. The van der Waals surface area contributed by atoms with Crippen LogP contribution >= 0.6 is 15.9 Å². The Kier molecular flexibility index (Phi) is 10.9. The fraction of sp³-hybridized carbons (Fsp3) is 0.0870. The van der Waals surface area contributed by atoms with Crippen LogP contribution in [0, 0.1) is 0 Å². The van der Waals surface area contributed by atoms with Gasteiger partial charge in [0.1, 0.15) is 11.3 Å². The van der Waals surface area contributed by atoms with E-state index in [0.29, 0.717) is 26.7 Å². The van der Waals surface area contributed by atoms with Crippen molar-refractivity contribution in [3.63, 3.8) is 0 Å². The molecule has 12 nitrogen and oxygen atoms in total. The van der Waals surface area contributed by atoms with Crippen LogP contribution in [0.3, 0.4) is 0 Å². The van der Waals surface area contributed by atoms with Gasteiger partial charge in [-0.25, -0.2) is 34.3 Å². The number of rotatable bonds is 7. The van der Waals surface area contributed by atoms with E-state index >= 15 is 0 Å². The maximum Gasteiger partial charge on any atom is 0.339 e. The summed E-state index contributed by atoms with van der Waals surface area (Å²) >= 11 is 3.42. The number of para-hydroxylation sites is 1. The molecule has 0 aliphatic rings. The Morgan fingerprint density at radius 2 is 1.73 bits per heavy atom. The minimum absolute atomic E-state index is 0.0300. The van der Waals surface area contributed by atoms with Crippen molar-refractivity contribution in [3.8, 4) is 5.75 Å². The second-order valence-corrected chi connectivity index (χ2v) is 9.74. The molecule has 0 saturated heterocycles. The minimum Gasteiger partial charge on any atom is -0.497 e. The largest absolute Gasteiger partial charge is 0.497 e. The maximum absolute atomic E-state index is 13.8. The molecule has 7 N–H and O–H groups in total. The Labute approximate surface area is 220 Å². The Morgan fingerprint density at radius 1 is 1.05 bits per heavy atom. The molecule has 0 saturated carbocycles. The number of carbonyl (C=O) groups is 1. The summed E-state index contributed by atoms with van der Waals surface area (Å²) < 4.78 is 34.2. The van der Waals surface area contributed by atoms with E-state index in [1.165, 1.54) is 43.6 Å². The SMILES string of the molecule is COc1ccc(S(=O)(=O)N(Cc2cccnc2)c2nc3c(Br)cccc3cc2C(=O)O)cc1.NO.NO. The smallest absolute Gasteiger partial charge is 0.339 e. The van der Waals surface area contributed by atoms with Crippen LogP contribution in [0.4, 0.5) is 5.82 Å². The van der Waals surface area contributed by atoms with Crippen LogP contribution in [0.5, 0.6) is 5.75 Å². The lowest BCUT2D eigenvalue weighted by Crippen LogP contribution is -2.33. The number of pyridine rings is 2. The number of halogens is 1. The van der Waals surface area contributed by atoms with Gasteiger partial charge >= 0.3 is 5.97 Å². The number of fused-ring (bicyclic) bond motifs is 1. The number of carboxylic acid groups (broad SMARTS) is 1. The maximum atomic E-state index is 13.8. The molecule has 0 radical (unpaired) electrons. The highest BCUT2D eigenvalue weighted by molar-refractivity contribution is 9.10. The normalized spacial score (nSPS) is 10.4. The van der Waals surface area contributed by atoms with Gasteiger partial charge in [0.15, 0.2) is 5.82 Å². The van der Waals surface area contributed by atoms with E-state index in [4.69, 9.17) is 15.2 Å². The molecule has 14 heteroatoms. The van der Waals surface area contributed by atoms with Crippen molar-refractivity contribution in [2.24, 2.45) is 11.8 Å². The molecule has 0 atom stereocenters. The lowest BCUT2D eigenvalue weighted by molar-refractivity contribution is 0.0697. The first-order chi connectivity index (χ1) is 17.8. The average Bonchev–Trinajstić information content (AvgIpc) is 2.94. The van der Waals surface area contributed by atoms with E-state index in [0.717, 1.165) is 4.31 Å². The molecule has 0 bridgehead atoms. The van der Waals surface area contributed by atoms with Gasteiger partial charge in [0.25, 0.3) is 10.0 Å². The van der Waals surface area contributed by atoms with Crippen molar-refractivity contribution in [1.82, 2.24) is 9.97 Å². The van der Waals surface area contributed by atoms with Crippen LogP contribution < -0.4 is 20.8 Å². The van der Waals surface area contributed by atoms with Crippen LogP contribution in [0.1, 0.15) is 15.9 Å². The van der Waals surface area contributed by atoms with E-state index in [1.54, 1.807) is 36.5 Å². The first-order valence-electron chi connectivity index (χ1n) is 10.2. The number of nitrogens with two attached hydrogens (primary N) is 2. The third-order valence-electron chi connectivity index (χ3n) is 4.94. The highest BCUT2D eigenvalue weighted by Crippen LogP contribution is 2.33. The molecule has 196 valence electrons. The summed E-state index contributed by atoms with van der Waals surface area (Å²) in [4.78, 5) is 20.7. The summed E-state index contributed by atoms with van der Waals surface area (Å²) in [7, 11) is -2.73. The van der Waals surface area contributed by atoms with Gasteiger partial charge in [-0.1, -0.05) is 18.2 Å². The topological polar surface area (TPSA) is 202 Å². The number of anilines is 1. The number of aromatic nitrogens is 2. The number of ether oxygens (including phenoxy) is 1. The van der Waals surface area contributed by atoms with Gasteiger partial charge in [-0.2, -0.15) is 0 Å². The van der Waals surface area contributed by atoms with Crippen LogP contribution in [0.2, 0.25) is 0 Å². The number of aromatic carboxylic acids is 1. The highest BCUT2D eigenvalue weighted by atomic mass is 79.9. The number of carboxylic acids is 1. The molecule has 0 aliphatic heterocycles. The van der Waals surface area contributed by atoms with Gasteiger partial charge in [-0.3, -0.25) is 4.98 Å². The van der Waals surface area contributed by atoms with E-state index in [2.05, 4.69) is 37.7 Å². The second kappa shape index (κ2) is 13.6. The summed E-state index contributed by atoms with van der Waals surface area (Å²) in [5.41, 5.74) is 0.778. The Balaban J connectivity index is 0.00000115. The molecule has 4 aromatic rings. The average molecular weight is 594 g/mol. The fourth-order valence-electron chi connectivity index (χ4n) is 3.31. The number of methoxy groups -OCH3 is 1. The molecule has 2 aromatic heterocycles. The van der Waals surface area contributed by atoms with Crippen molar-refractivity contribution >= 4 is 48.6 Å². The van der Waals surface area contributed by atoms with Gasteiger partial charge in [0.05, 0.1) is 24.1 Å². The lowest BCUT2D eigenvalue weighted by atomic mass is 10.1. The predicted octanol–water partition coefficient (Wildman–Crippen LogP) is 3.16. The molecule has 2 aromatic carbocycles. The lowest BCUT2D eigenvalue weighted by Gasteiger charge is -2.25. The van der Waals surface area contributed by atoms with E-state index < -0.39 is 16.0 Å². The standard InChI is InChI=1S/C23H18BrN3O5S.2H3NO/c1-32-17-7-9-18(10-8-17)33(30,31)27(14-15-4-3-11-25-13-15)22-19(23(28)29)12-16-5-2-6-20(24)21(16)26-22;2*1-2/h2-13H,14H2,1H3,(H,28,29);2*2H,1H2. The van der Waals surface area contributed by atoms with Gasteiger partial charge in [-0.05, 0) is 64.0 Å². The molecular formula is C23H24BrN5O7S. The first-order valence-corrected chi connectivity index (χ1v) is 12.4. The second-order valence-electron chi connectivity index (χ2n) is 7.02. The summed E-state index contributed by atoms with van der Waals surface area (Å²) in [5, 5.41) is 23.5. The monoisotopic (exact) mass is 593 g/mol. The van der Waals surface area contributed by atoms with E-state index in [1.807, 2.05) is 0 Å². The Morgan fingerprint density at radius 3 is 2.30 bits per heavy atom. The summed E-state index contributed by atoms with van der Waals surface area (Å²) in [6, 6.07) is 15.9. The van der Waals surface area contributed by atoms with Gasteiger partial charge in [-0.15, -0.1) is 0 Å². The van der Waals surface area contributed by atoms with Gasteiger partial charge in [0.2, 0.25) is 0 Å². The summed E-state index contributed by atoms with van der Waals surface area (Å²) in [6.45, 7) is -0.161. The van der Waals surface area contributed by atoms with Crippen molar-refractivity contribution in [2.45, 2.75) is 11.4 Å². The summed E-state index contributed by atoms with van der Waals surface area (Å²) in [5.74, 6) is 6.01. The molecule has 0 spiro atoms. The van der Waals surface area contributed by atoms with Crippen LogP contribution in [0.25, 0.3) is 10.9 Å². The molecular weight excluding hydrogens is 570 g/mol. The number of sulfonamides is 1. The van der Waals surface area contributed by atoms with Crippen LogP contribution in [0.15, 0.2) is 82.4 Å². The molecule has 0 amide bonds. The van der Waals surface area contributed by atoms with Crippen molar-refractivity contribution in [2.75, 3.05) is 11.4 Å². The molecule has 37 heavy (non-hydrogen) atoms. The first kappa shape index (κ1) is 29.6. The minimum atomic E-state index is -4.21. The highest BCUT2D eigenvalue weighted by Gasteiger charge is 2.31. The van der Waals surface area contributed by atoms with Crippen molar-refractivity contribution < 1.29 is 33.5 Å². The Hall–Kier alpha value is -3.66. The van der Waals surface area contributed by atoms with E-state index in [-0.39, 0.29) is 22.8 Å². The molecule has 0 fully saturated rings. The number of hydrogen-bond donors (Lipinski definition) is 5. The van der Waals surface area contributed by atoms with Gasteiger partial charge < -0.3 is 20.3 Å². The van der Waals surface area contributed by atoms with Gasteiger partial charge in [0, 0.05) is 22.3 Å². The van der Waals surface area contributed by atoms with Crippen molar-refractivity contribution in [3.05, 3.63) is 88.7 Å². The van der Waals surface area contributed by atoms with Crippen LogP contribution in [-0.2, 0) is 16.6 Å².